The van der Waals surface area contributed by atoms with Gasteiger partial charge in [-0.15, -0.1) is 0 Å². The minimum atomic E-state index is 0.618. The number of piperidine rings is 2. The van der Waals surface area contributed by atoms with E-state index in [0.717, 1.165) is 5.69 Å². The summed E-state index contributed by atoms with van der Waals surface area (Å²) < 4.78 is 2.48. The second kappa shape index (κ2) is 6.35. The Hall–Kier alpha value is -0.750. The molecule has 0 radical (unpaired) electrons. The van der Waals surface area contributed by atoms with Crippen LogP contribution >= 0.6 is 11.9 Å². The standard InChI is InChI=1S/C15H23N3OS/c19-17-13-1-3-14(4-2-13)20-18-11-7-15(8-12-18)5-9-16-10-6-15/h1-4,16-17,19H,5-12H2. The van der Waals surface area contributed by atoms with Gasteiger partial charge in [0.05, 0.1) is 5.69 Å². The van der Waals surface area contributed by atoms with Crippen molar-refractivity contribution in [3.63, 3.8) is 0 Å². The van der Waals surface area contributed by atoms with E-state index in [1.807, 2.05) is 24.1 Å². The van der Waals surface area contributed by atoms with Crippen LogP contribution in [0.4, 0.5) is 5.69 Å². The molecule has 0 amide bonds. The van der Waals surface area contributed by atoms with Crippen LogP contribution in [0.5, 0.6) is 0 Å². The molecule has 5 heteroatoms. The molecule has 2 saturated heterocycles. The molecule has 4 nitrogen and oxygen atoms in total. The van der Waals surface area contributed by atoms with E-state index in [4.69, 9.17) is 5.21 Å². The molecule has 2 heterocycles. The van der Waals surface area contributed by atoms with Crippen LogP contribution in [0.25, 0.3) is 0 Å². The largest absolute Gasteiger partial charge is 0.317 e. The fraction of sp³-hybridized carbons (Fsp3) is 0.600. The summed E-state index contributed by atoms with van der Waals surface area (Å²) in [6, 6.07) is 7.91. The molecular formula is C15H23N3OS. The first-order chi connectivity index (χ1) is 9.80. The second-order valence-electron chi connectivity index (χ2n) is 5.91. The van der Waals surface area contributed by atoms with Gasteiger partial charge in [0.15, 0.2) is 0 Å². The zero-order chi connectivity index (χ0) is 13.8. The molecule has 2 fully saturated rings. The number of rotatable bonds is 3. The summed E-state index contributed by atoms with van der Waals surface area (Å²) in [7, 11) is 0. The van der Waals surface area contributed by atoms with E-state index in [1.165, 1.54) is 56.8 Å². The number of benzene rings is 1. The Balaban J connectivity index is 1.52. The summed E-state index contributed by atoms with van der Waals surface area (Å²) >= 11 is 1.84. The first-order valence-electron chi connectivity index (χ1n) is 7.44. The molecule has 20 heavy (non-hydrogen) atoms. The van der Waals surface area contributed by atoms with Crippen LogP contribution in [-0.2, 0) is 0 Å². The topological polar surface area (TPSA) is 47.5 Å². The van der Waals surface area contributed by atoms with Crippen molar-refractivity contribution in [3.8, 4) is 0 Å². The highest BCUT2D eigenvalue weighted by atomic mass is 32.2. The first-order valence-corrected chi connectivity index (χ1v) is 8.21. The minimum absolute atomic E-state index is 0.618. The molecule has 1 aromatic rings. The van der Waals surface area contributed by atoms with Gasteiger partial charge in [-0.1, -0.05) is 0 Å². The smallest absolute Gasteiger partial charge is 0.0602 e. The molecule has 1 aromatic carbocycles. The minimum Gasteiger partial charge on any atom is -0.317 e. The number of anilines is 1. The summed E-state index contributed by atoms with van der Waals surface area (Å²) in [5, 5.41) is 12.3. The fourth-order valence-corrected chi connectivity index (χ4v) is 4.17. The molecule has 2 aliphatic heterocycles. The van der Waals surface area contributed by atoms with Crippen molar-refractivity contribution in [3.05, 3.63) is 24.3 Å². The molecule has 0 aromatic heterocycles. The van der Waals surface area contributed by atoms with Gasteiger partial charge in [0.2, 0.25) is 0 Å². The van der Waals surface area contributed by atoms with Gasteiger partial charge < -0.3 is 5.32 Å². The molecule has 0 unspecified atom stereocenters. The van der Waals surface area contributed by atoms with E-state index >= 15 is 0 Å². The molecule has 1 spiro atoms. The SMILES string of the molecule is ONc1ccc(SN2CCC3(CCNCC3)CC2)cc1. The first kappa shape index (κ1) is 14.2. The highest BCUT2D eigenvalue weighted by Gasteiger charge is 2.35. The predicted molar refractivity (Wildman–Crippen MR) is 83.1 cm³/mol. The van der Waals surface area contributed by atoms with Crippen LogP contribution in [0.2, 0.25) is 0 Å². The quantitative estimate of drug-likeness (QED) is 0.591. The number of nitrogens with zero attached hydrogens (tertiary/aromatic N) is 1. The highest BCUT2D eigenvalue weighted by molar-refractivity contribution is 7.97. The van der Waals surface area contributed by atoms with Gasteiger partial charge >= 0.3 is 0 Å². The van der Waals surface area contributed by atoms with Crippen molar-refractivity contribution < 1.29 is 5.21 Å². The van der Waals surface area contributed by atoms with E-state index in [9.17, 15) is 0 Å². The average Bonchev–Trinajstić information content (AvgIpc) is 2.52. The van der Waals surface area contributed by atoms with Crippen LogP contribution in [0, 0.1) is 5.41 Å². The van der Waals surface area contributed by atoms with Gasteiger partial charge in [0, 0.05) is 18.0 Å². The lowest BCUT2D eigenvalue weighted by atomic mass is 9.72. The predicted octanol–water partition coefficient (Wildman–Crippen LogP) is 2.96. The Morgan fingerprint density at radius 1 is 1.05 bits per heavy atom. The van der Waals surface area contributed by atoms with Crippen LogP contribution < -0.4 is 10.8 Å². The van der Waals surface area contributed by atoms with E-state index in [2.05, 4.69) is 27.2 Å². The van der Waals surface area contributed by atoms with Gasteiger partial charge in [-0.05, 0) is 80.4 Å². The zero-order valence-electron chi connectivity index (χ0n) is 11.8. The third-order valence-corrected chi connectivity index (χ3v) is 5.77. The van der Waals surface area contributed by atoms with Gasteiger partial charge in [-0.2, -0.15) is 0 Å². The lowest BCUT2D eigenvalue weighted by Gasteiger charge is -2.44. The summed E-state index contributed by atoms with van der Waals surface area (Å²) in [6.07, 6.45) is 5.36. The number of nitrogens with one attached hydrogen (secondary N) is 2. The zero-order valence-corrected chi connectivity index (χ0v) is 12.6. The van der Waals surface area contributed by atoms with Crippen LogP contribution in [0.15, 0.2) is 29.2 Å². The Morgan fingerprint density at radius 3 is 2.30 bits per heavy atom. The van der Waals surface area contributed by atoms with Crippen molar-refractivity contribution in [2.45, 2.75) is 30.6 Å². The summed E-state index contributed by atoms with van der Waals surface area (Å²) in [4.78, 5) is 1.24. The Bertz CT molecular complexity index is 421. The summed E-state index contributed by atoms with van der Waals surface area (Å²) in [6.45, 7) is 4.76. The van der Waals surface area contributed by atoms with Crippen molar-refractivity contribution >= 4 is 17.6 Å². The molecule has 0 bridgehead atoms. The Morgan fingerprint density at radius 2 is 1.70 bits per heavy atom. The molecule has 2 aliphatic rings. The third kappa shape index (κ3) is 3.28. The van der Waals surface area contributed by atoms with E-state index < -0.39 is 0 Å². The maximum Gasteiger partial charge on any atom is 0.0602 e. The summed E-state index contributed by atoms with van der Waals surface area (Å²) in [5.41, 5.74) is 3.52. The molecule has 0 saturated carbocycles. The number of hydrogen-bond acceptors (Lipinski definition) is 5. The van der Waals surface area contributed by atoms with Crippen molar-refractivity contribution in [2.75, 3.05) is 31.7 Å². The van der Waals surface area contributed by atoms with Gasteiger partial charge in [0.1, 0.15) is 0 Å². The average molecular weight is 293 g/mol. The molecule has 3 N–H and O–H groups in total. The maximum atomic E-state index is 8.82. The molecule has 110 valence electrons. The van der Waals surface area contributed by atoms with Crippen LogP contribution in [0.3, 0.4) is 0 Å². The van der Waals surface area contributed by atoms with E-state index in [0.29, 0.717) is 5.41 Å². The summed E-state index contributed by atoms with van der Waals surface area (Å²) in [5.74, 6) is 0. The Labute approximate surface area is 125 Å². The molecular weight excluding hydrogens is 270 g/mol. The van der Waals surface area contributed by atoms with Crippen molar-refractivity contribution in [1.29, 1.82) is 0 Å². The monoisotopic (exact) mass is 293 g/mol. The molecule has 0 atom stereocenters. The maximum absolute atomic E-state index is 8.82. The van der Waals surface area contributed by atoms with Gasteiger partial charge in [-0.25, -0.2) is 4.31 Å². The number of hydrogen-bond donors (Lipinski definition) is 3. The lowest BCUT2D eigenvalue weighted by molar-refractivity contribution is 0.115. The van der Waals surface area contributed by atoms with Gasteiger partial charge in [-0.3, -0.25) is 10.7 Å². The third-order valence-electron chi connectivity index (χ3n) is 4.67. The highest BCUT2D eigenvalue weighted by Crippen LogP contribution is 2.41. The normalized spacial score (nSPS) is 22.9. The van der Waals surface area contributed by atoms with E-state index in [1.54, 1.807) is 0 Å². The van der Waals surface area contributed by atoms with E-state index in [-0.39, 0.29) is 0 Å². The molecule has 0 aliphatic carbocycles. The lowest BCUT2D eigenvalue weighted by Crippen LogP contribution is -2.43. The van der Waals surface area contributed by atoms with Crippen LogP contribution in [0.1, 0.15) is 25.7 Å². The Kier molecular flexibility index (Phi) is 4.51. The fourth-order valence-electron chi connectivity index (χ4n) is 3.25. The van der Waals surface area contributed by atoms with Crippen molar-refractivity contribution in [2.24, 2.45) is 5.41 Å². The van der Waals surface area contributed by atoms with Gasteiger partial charge in [0.25, 0.3) is 0 Å². The van der Waals surface area contributed by atoms with Crippen LogP contribution in [-0.4, -0.2) is 35.7 Å². The molecule has 3 rings (SSSR count). The second-order valence-corrected chi connectivity index (χ2v) is 7.08. The van der Waals surface area contributed by atoms with Crippen molar-refractivity contribution in [1.82, 2.24) is 9.62 Å².